The highest BCUT2D eigenvalue weighted by Gasteiger charge is 2.01. The summed E-state index contributed by atoms with van der Waals surface area (Å²) < 4.78 is 11.6. The first-order valence-corrected chi connectivity index (χ1v) is 8.25. The molecule has 0 saturated carbocycles. The summed E-state index contributed by atoms with van der Waals surface area (Å²) in [5.41, 5.74) is 2.52. The monoisotopic (exact) mass is 318 g/mol. The van der Waals surface area contributed by atoms with Crippen LogP contribution in [0.4, 0.5) is 0 Å². The van der Waals surface area contributed by atoms with Gasteiger partial charge in [0.2, 0.25) is 0 Å². The summed E-state index contributed by atoms with van der Waals surface area (Å²) in [5, 5.41) is 0. The van der Waals surface area contributed by atoms with E-state index in [4.69, 9.17) is 9.47 Å². The normalized spacial score (nSPS) is 10.6. The molecule has 0 aliphatic carbocycles. The molecule has 2 heteroatoms. The average Bonchev–Trinajstić information content (AvgIpc) is 2.62. The van der Waals surface area contributed by atoms with Gasteiger partial charge in [0.25, 0.3) is 0 Å². The Morgan fingerprint density at radius 1 is 0.667 bits per heavy atom. The Morgan fingerprint density at radius 2 is 1.25 bits per heavy atom. The highest BCUT2D eigenvalue weighted by atomic mass is 16.5. The maximum absolute atomic E-state index is 5.84. The van der Waals surface area contributed by atoms with E-state index in [1.165, 1.54) is 11.1 Å². The Morgan fingerprint density at radius 3 is 1.88 bits per heavy atom. The van der Waals surface area contributed by atoms with Crippen molar-refractivity contribution in [3.8, 4) is 17.2 Å². The molecule has 0 aliphatic rings. The minimum atomic E-state index is 0.553. The lowest BCUT2D eigenvalue weighted by Gasteiger charge is -2.10. The molecule has 24 heavy (non-hydrogen) atoms. The molecular formula is C22H22O2. The molecule has 3 aromatic carbocycles. The SMILES string of the molecule is CC(C)c1ccc(COc2ccc(Oc3ccccc3)cc2)cc1. The fraction of sp³-hybridized carbons (Fsp3) is 0.182. The lowest BCUT2D eigenvalue weighted by Crippen LogP contribution is -1.96. The molecule has 0 unspecified atom stereocenters. The molecular weight excluding hydrogens is 296 g/mol. The Hall–Kier alpha value is -2.74. The van der Waals surface area contributed by atoms with Crippen molar-refractivity contribution in [2.24, 2.45) is 0 Å². The standard InChI is InChI=1S/C22H22O2/c1-17(2)19-10-8-18(9-11-19)16-23-20-12-14-22(15-13-20)24-21-6-4-3-5-7-21/h3-15,17H,16H2,1-2H3. The molecule has 0 heterocycles. The Bertz CT molecular complexity index is 744. The van der Waals surface area contributed by atoms with E-state index in [1.807, 2.05) is 54.6 Å². The largest absolute Gasteiger partial charge is 0.489 e. The molecule has 0 bridgehead atoms. The van der Waals surface area contributed by atoms with E-state index in [9.17, 15) is 0 Å². The molecule has 0 spiro atoms. The minimum Gasteiger partial charge on any atom is -0.489 e. The van der Waals surface area contributed by atoms with E-state index in [0.29, 0.717) is 12.5 Å². The number of rotatable bonds is 6. The van der Waals surface area contributed by atoms with Crippen molar-refractivity contribution in [3.63, 3.8) is 0 Å². The van der Waals surface area contributed by atoms with Crippen LogP contribution in [0.1, 0.15) is 30.9 Å². The number of hydrogen-bond donors (Lipinski definition) is 0. The molecule has 122 valence electrons. The van der Waals surface area contributed by atoms with Gasteiger partial charge in [0.1, 0.15) is 23.9 Å². The van der Waals surface area contributed by atoms with Gasteiger partial charge in [-0.05, 0) is 53.4 Å². The summed E-state index contributed by atoms with van der Waals surface area (Å²) in [4.78, 5) is 0. The lowest BCUT2D eigenvalue weighted by molar-refractivity contribution is 0.305. The quantitative estimate of drug-likeness (QED) is 0.540. The third-order valence-electron chi connectivity index (χ3n) is 3.85. The van der Waals surface area contributed by atoms with Crippen molar-refractivity contribution in [1.29, 1.82) is 0 Å². The van der Waals surface area contributed by atoms with Crippen molar-refractivity contribution in [2.75, 3.05) is 0 Å². The second kappa shape index (κ2) is 7.69. The van der Waals surface area contributed by atoms with Crippen LogP contribution in [0.3, 0.4) is 0 Å². The zero-order chi connectivity index (χ0) is 16.8. The zero-order valence-corrected chi connectivity index (χ0v) is 14.1. The molecule has 0 aliphatic heterocycles. The van der Waals surface area contributed by atoms with Gasteiger partial charge in [-0.25, -0.2) is 0 Å². The smallest absolute Gasteiger partial charge is 0.127 e. The average molecular weight is 318 g/mol. The van der Waals surface area contributed by atoms with Gasteiger partial charge in [0, 0.05) is 0 Å². The fourth-order valence-electron chi connectivity index (χ4n) is 2.39. The van der Waals surface area contributed by atoms with E-state index < -0.39 is 0 Å². The maximum Gasteiger partial charge on any atom is 0.127 e. The Kier molecular flexibility index (Phi) is 5.17. The first-order valence-electron chi connectivity index (χ1n) is 8.25. The molecule has 0 saturated heterocycles. The molecule has 3 aromatic rings. The zero-order valence-electron chi connectivity index (χ0n) is 14.1. The fourth-order valence-corrected chi connectivity index (χ4v) is 2.39. The maximum atomic E-state index is 5.84. The molecule has 3 rings (SSSR count). The topological polar surface area (TPSA) is 18.5 Å². The summed E-state index contributed by atoms with van der Waals surface area (Å²) in [7, 11) is 0. The molecule has 0 N–H and O–H groups in total. The molecule has 0 fully saturated rings. The van der Waals surface area contributed by atoms with Gasteiger partial charge in [-0.15, -0.1) is 0 Å². The van der Waals surface area contributed by atoms with Crippen LogP contribution in [0, 0.1) is 0 Å². The van der Waals surface area contributed by atoms with Gasteiger partial charge < -0.3 is 9.47 Å². The summed E-state index contributed by atoms with van der Waals surface area (Å²) >= 11 is 0. The first-order chi connectivity index (χ1) is 11.7. The van der Waals surface area contributed by atoms with Crippen LogP contribution in [0.2, 0.25) is 0 Å². The predicted octanol–water partition coefficient (Wildman–Crippen LogP) is 6.18. The third-order valence-corrected chi connectivity index (χ3v) is 3.85. The molecule has 0 atom stereocenters. The van der Waals surface area contributed by atoms with Crippen molar-refractivity contribution in [3.05, 3.63) is 90.0 Å². The number of benzene rings is 3. The highest BCUT2D eigenvalue weighted by Crippen LogP contribution is 2.24. The van der Waals surface area contributed by atoms with Crippen LogP contribution >= 0.6 is 0 Å². The van der Waals surface area contributed by atoms with Gasteiger partial charge in [0.05, 0.1) is 0 Å². The van der Waals surface area contributed by atoms with Crippen LogP contribution in [0.15, 0.2) is 78.9 Å². The summed E-state index contributed by atoms with van der Waals surface area (Å²) in [5.74, 6) is 3.02. The van der Waals surface area contributed by atoms with E-state index in [2.05, 4.69) is 38.1 Å². The second-order valence-corrected chi connectivity index (χ2v) is 6.07. The van der Waals surface area contributed by atoms with Gasteiger partial charge >= 0.3 is 0 Å². The van der Waals surface area contributed by atoms with Gasteiger partial charge in [-0.3, -0.25) is 0 Å². The predicted molar refractivity (Wildman–Crippen MR) is 97.8 cm³/mol. The van der Waals surface area contributed by atoms with Crippen LogP contribution in [0.25, 0.3) is 0 Å². The summed E-state index contributed by atoms with van der Waals surface area (Å²) in [6, 6.07) is 26.0. The van der Waals surface area contributed by atoms with Crippen molar-refractivity contribution >= 4 is 0 Å². The second-order valence-electron chi connectivity index (χ2n) is 6.07. The molecule has 0 aromatic heterocycles. The van der Waals surface area contributed by atoms with Crippen LogP contribution in [0.5, 0.6) is 17.2 Å². The van der Waals surface area contributed by atoms with Gasteiger partial charge in [-0.1, -0.05) is 56.3 Å². The van der Waals surface area contributed by atoms with Gasteiger partial charge in [-0.2, -0.15) is 0 Å². The summed E-state index contributed by atoms with van der Waals surface area (Å²) in [6.45, 7) is 4.96. The van der Waals surface area contributed by atoms with E-state index in [-0.39, 0.29) is 0 Å². The first kappa shape index (κ1) is 16.1. The van der Waals surface area contributed by atoms with Crippen molar-refractivity contribution < 1.29 is 9.47 Å². The number of ether oxygens (including phenoxy) is 2. The van der Waals surface area contributed by atoms with E-state index in [0.717, 1.165) is 17.2 Å². The van der Waals surface area contributed by atoms with Crippen molar-refractivity contribution in [1.82, 2.24) is 0 Å². The number of para-hydroxylation sites is 1. The highest BCUT2D eigenvalue weighted by molar-refractivity contribution is 5.35. The minimum absolute atomic E-state index is 0.553. The van der Waals surface area contributed by atoms with Gasteiger partial charge in [0.15, 0.2) is 0 Å². The van der Waals surface area contributed by atoms with Crippen LogP contribution in [-0.4, -0.2) is 0 Å². The molecule has 2 nitrogen and oxygen atoms in total. The van der Waals surface area contributed by atoms with Crippen LogP contribution in [-0.2, 0) is 6.61 Å². The summed E-state index contributed by atoms with van der Waals surface area (Å²) in [6.07, 6.45) is 0. The Balaban J connectivity index is 1.56. The molecule has 0 radical (unpaired) electrons. The lowest BCUT2D eigenvalue weighted by atomic mass is 10.0. The van der Waals surface area contributed by atoms with Crippen LogP contribution < -0.4 is 9.47 Å². The third kappa shape index (κ3) is 4.39. The van der Waals surface area contributed by atoms with E-state index >= 15 is 0 Å². The van der Waals surface area contributed by atoms with E-state index in [1.54, 1.807) is 0 Å². The number of hydrogen-bond acceptors (Lipinski definition) is 2. The molecule has 0 amide bonds. The Labute approximate surface area is 143 Å². The van der Waals surface area contributed by atoms with Crippen molar-refractivity contribution in [2.45, 2.75) is 26.4 Å².